The van der Waals surface area contributed by atoms with Crippen molar-refractivity contribution in [3.05, 3.63) is 47.1 Å². The van der Waals surface area contributed by atoms with Gasteiger partial charge in [0.1, 0.15) is 22.3 Å². The van der Waals surface area contributed by atoms with E-state index in [-0.39, 0.29) is 11.0 Å². The smallest absolute Gasteiger partial charge is 0.263 e. The molecule has 2 N–H and O–H groups in total. The second-order valence-corrected chi connectivity index (χ2v) is 3.70. The first kappa shape index (κ1) is 12.3. The van der Waals surface area contributed by atoms with E-state index < -0.39 is 23.0 Å². The molecule has 92 valence electrons. The number of amides is 1. The highest BCUT2D eigenvalue weighted by Crippen LogP contribution is 2.20. The van der Waals surface area contributed by atoms with Crippen LogP contribution < -0.4 is 5.32 Å². The maximum atomic E-state index is 13.4. The van der Waals surface area contributed by atoms with Gasteiger partial charge in [-0.1, -0.05) is 17.7 Å². The molecule has 5 nitrogen and oxygen atoms in total. The minimum absolute atomic E-state index is 0.0650. The summed E-state index contributed by atoms with van der Waals surface area (Å²) in [4.78, 5) is 19.2. The average Bonchev–Trinajstić information content (AvgIpc) is 2.28. The Kier molecular flexibility index (Phi) is 3.38. The van der Waals surface area contributed by atoms with Gasteiger partial charge in [0.2, 0.25) is 0 Å². The van der Waals surface area contributed by atoms with Crippen molar-refractivity contribution < 1.29 is 14.3 Å². The Labute approximate surface area is 106 Å². The predicted octanol–water partition coefficient (Wildman–Crippen LogP) is 2.23. The standard InChI is InChI=1S/C11H7ClFN3O2/c12-8-4-14-5-9(15-8)16-11(18)10-6(13)2-1-3-7(10)17/h1-5,17H,(H,15,16,18). The zero-order valence-corrected chi connectivity index (χ0v) is 9.65. The van der Waals surface area contributed by atoms with Crippen molar-refractivity contribution in [1.29, 1.82) is 0 Å². The van der Waals surface area contributed by atoms with Crippen molar-refractivity contribution in [2.75, 3.05) is 5.32 Å². The van der Waals surface area contributed by atoms with Crippen molar-refractivity contribution in [1.82, 2.24) is 9.97 Å². The third-order valence-corrected chi connectivity index (χ3v) is 2.25. The number of anilines is 1. The molecule has 0 bridgehead atoms. The van der Waals surface area contributed by atoms with E-state index in [1.54, 1.807) is 0 Å². The van der Waals surface area contributed by atoms with E-state index in [0.29, 0.717) is 0 Å². The maximum Gasteiger partial charge on any atom is 0.263 e. The number of carbonyl (C=O) groups excluding carboxylic acids is 1. The summed E-state index contributed by atoms with van der Waals surface area (Å²) in [5.74, 6) is -2.05. The molecule has 0 saturated carbocycles. The van der Waals surface area contributed by atoms with Gasteiger partial charge in [-0.05, 0) is 12.1 Å². The molecule has 0 unspecified atom stereocenters. The number of benzene rings is 1. The Morgan fingerprint density at radius 1 is 1.39 bits per heavy atom. The van der Waals surface area contributed by atoms with Crippen molar-refractivity contribution in [3.8, 4) is 5.75 Å². The van der Waals surface area contributed by atoms with E-state index in [1.165, 1.54) is 24.5 Å². The number of rotatable bonds is 2. The highest BCUT2D eigenvalue weighted by Gasteiger charge is 2.17. The van der Waals surface area contributed by atoms with Crippen LogP contribution in [0.5, 0.6) is 5.75 Å². The second kappa shape index (κ2) is 4.97. The third-order valence-electron chi connectivity index (χ3n) is 2.07. The van der Waals surface area contributed by atoms with Crippen LogP contribution in [0.25, 0.3) is 0 Å². The molecule has 2 rings (SSSR count). The quantitative estimate of drug-likeness (QED) is 0.875. The average molecular weight is 268 g/mol. The summed E-state index contributed by atoms with van der Waals surface area (Å²) >= 11 is 5.59. The first-order valence-electron chi connectivity index (χ1n) is 4.84. The lowest BCUT2D eigenvalue weighted by Gasteiger charge is -2.06. The number of aromatic hydroxyl groups is 1. The van der Waals surface area contributed by atoms with Gasteiger partial charge in [-0.15, -0.1) is 0 Å². The molecule has 1 aromatic carbocycles. The highest BCUT2D eigenvalue weighted by molar-refractivity contribution is 6.29. The molecule has 0 fully saturated rings. The minimum atomic E-state index is -0.831. The van der Waals surface area contributed by atoms with Crippen LogP contribution in [-0.4, -0.2) is 21.0 Å². The van der Waals surface area contributed by atoms with Crippen molar-refractivity contribution in [2.45, 2.75) is 0 Å². The van der Waals surface area contributed by atoms with Crippen LogP contribution in [0.1, 0.15) is 10.4 Å². The Morgan fingerprint density at radius 2 is 2.17 bits per heavy atom. The van der Waals surface area contributed by atoms with Crippen LogP contribution in [0, 0.1) is 5.82 Å². The predicted molar refractivity (Wildman–Crippen MR) is 63.1 cm³/mol. The highest BCUT2D eigenvalue weighted by atomic mass is 35.5. The first-order chi connectivity index (χ1) is 8.58. The van der Waals surface area contributed by atoms with Crippen molar-refractivity contribution in [3.63, 3.8) is 0 Å². The zero-order chi connectivity index (χ0) is 13.1. The molecule has 1 aromatic heterocycles. The van der Waals surface area contributed by atoms with Gasteiger partial charge >= 0.3 is 0 Å². The van der Waals surface area contributed by atoms with Gasteiger partial charge < -0.3 is 10.4 Å². The summed E-state index contributed by atoms with van der Waals surface area (Å²) in [5.41, 5.74) is -0.459. The van der Waals surface area contributed by atoms with Gasteiger partial charge in [0.15, 0.2) is 5.82 Å². The molecule has 1 heterocycles. The fourth-order valence-electron chi connectivity index (χ4n) is 1.32. The molecule has 7 heteroatoms. The molecule has 0 spiro atoms. The number of phenolic OH excluding ortho intramolecular Hbond substituents is 1. The summed E-state index contributed by atoms with van der Waals surface area (Å²) in [6.45, 7) is 0. The number of nitrogens with one attached hydrogen (secondary N) is 1. The van der Waals surface area contributed by atoms with E-state index in [0.717, 1.165) is 6.07 Å². The zero-order valence-electron chi connectivity index (χ0n) is 8.89. The van der Waals surface area contributed by atoms with Crippen molar-refractivity contribution >= 4 is 23.3 Å². The van der Waals surface area contributed by atoms with Crippen molar-refractivity contribution in [2.24, 2.45) is 0 Å². The Hall–Kier alpha value is -2.21. The molecular weight excluding hydrogens is 261 g/mol. The summed E-state index contributed by atoms with van der Waals surface area (Å²) in [7, 11) is 0. The van der Waals surface area contributed by atoms with Crippen LogP contribution in [0.2, 0.25) is 5.15 Å². The lowest BCUT2D eigenvalue weighted by molar-refractivity contribution is 0.102. The van der Waals surface area contributed by atoms with Gasteiger partial charge in [0.25, 0.3) is 5.91 Å². The number of hydrogen-bond acceptors (Lipinski definition) is 4. The number of phenols is 1. The molecule has 0 aliphatic carbocycles. The van der Waals surface area contributed by atoms with E-state index in [9.17, 15) is 14.3 Å². The number of nitrogens with zero attached hydrogens (tertiary/aromatic N) is 2. The van der Waals surface area contributed by atoms with E-state index in [2.05, 4.69) is 15.3 Å². The van der Waals surface area contributed by atoms with Gasteiger partial charge in [0, 0.05) is 0 Å². The fourth-order valence-corrected chi connectivity index (χ4v) is 1.47. The van der Waals surface area contributed by atoms with Gasteiger partial charge in [-0.3, -0.25) is 9.78 Å². The number of hydrogen-bond donors (Lipinski definition) is 2. The topological polar surface area (TPSA) is 75.1 Å². The number of aromatic nitrogens is 2. The normalized spacial score (nSPS) is 10.1. The van der Waals surface area contributed by atoms with Crippen LogP contribution in [0.3, 0.4) is 0 Å². The summed E-state index contributed by atoms with van der Waals surface area (Å²) in [5, 5.41) is 11.8. The van der Waals surface area contributed by atoms with E-state index in [1.807, 2.05) is 0 Å². The molecule has 0 radical (unpaired) electrons. The first-order valence-corrected chi connectivity index (χ1v) is 5.22. The van der Waals surface area contributed by atoms with Crippen LogP contribution in [0.4, 0.5) is 10.2 Å². The lowest BCUT2D eigenvalue weighted by Crippen LogP contribution is -2.15. The summed E-state index contributed by atoms with van der Waals surface area (Å²) in [6.07, 6.45) is 2.54. The molecular formula is C11H7ClFN3O2. The summed E-state index contributed by atoms with van der Waals surface area (Å²) < 4.78 is 13.4. The molecule has 18 heavy (non-hydrogen) atoms. The van der Waals surface area contributed by atoms with E-state index >= 15 is 0 Å². The largest absolute Gasteiger partial charge is 0.507 e. The minimum Gasteiger partial charge on any atom is -0.507 e. The third kappa shape index (κ3) is 2.54. The van der Waals surface area contributed by atoms with Gasteiger partial charge in [-0.25, -0.2) is 9.37 Å². The lowest BCUT2D eigenvalue weighted by atomic mass is 10.2. The molecule has 0 aliphatic heterocycles. The number of halogens is 2. The second-order valence-electron chi connectivity index (χ2n) is 3.32. The molecule has 0 aliphatic rings. The fraction of sp³-hybridized carbons (Fsp3) is 0. The Bertz CT molecular complexity index is 586. The van der Waals surface area contributed by atoms with Crippen LogP contribution in [-0.2, 0) is 0 Å². The van der Waals surface area contributed by atoms with Crippen LogP contribution in [0.15, 0.2) is 30.6 Å². The van der Waals surface area contributed by atoms with Gasteiger partial charge in [-0.2, -0.15) is 0 Å². The van der Waals surface area contributed by atoms with Gasteiger partial charge in [0.05, 0.1) is 12.4 Å². The Morgan fingerprint density at radius 3 is 2.83 bits per heavy atom. The summed E-state index contributed by atoms with van der Waals surface area (Å²) in [6, 6.07) is 3.57. The SMILES string of the molecule is O=C(Nc1cncc(Cl)n1)c1c(O)cccc1F. The monoisotopic (exact) mass is 267 g/mol. The molecule has 2 aromatic rings. The molecule has 1 amide bonds. The molecule has 0 saturated heterocycles. The number of carbonyl (C=O) groups is 1. The maximum absolute atomic E-state index is 13.4. The Balaban J connectivity index is 2.28. The van der Waals surface area contributed by atoms with E-state index in [4.69, 9.17) is 11.6 Å². The van der Waals surface area contributed by atoms with Crippen LogP contribution >= 0.6 is 11.6 Å². The molecule has 0 atom stereocenters.